The van der Waals surface area contributed by atoms with Crippen molar-refractivity contribution in [2.45, 2.75) is 0 Å². The van der Waals surface area contributed by atoms with E-state index in [0.717, 1.165) is 20.3 Å². The number of aromatic nitrogens is 2. The van der Waals surface area contributed by atoms with E-state index in [1.165, 1.54) is 0 Å². The number of nitriles is 1. The van der Waals surface area contributed by atoms with E-state index in [0.29, 0.717) is 10.3 Å². The summed E-state index contributed by atoms with van der Waals surface area (Å²) in [6.07, 6.45) is 0. The maximum Gasteiger partial charge on any atom is 0.182 e. The Morgan fingerprint density at radius 1 is 1.16 bits per heavy atom. The molecule has 0 aliphatic carbocycles. The lowest BCUT2D eigenvalue weighted by Gasteiger charge is -2.06. The van der Waals surface area contributed by atoms with Gasteiger partial charge in [-0.1, -0.05) is 18.2 Å². The zero-order valence-electron chi connectivity index (χ0n) is 9.72. The Bertz CT molecular complexity index is 870. The molecule has 1 aromatic heterocycles. The zero-order valence-corrected chi connectivity index (χ0v) is 12.7. The minimum absolute atomic E-state index is 0.599. The third-order valence-corrected chi connectivity index (χ3v) is 4.13. The number of aromatic amines is 1. The molecule has 0 atom stereocenters. The Hall–Kier alpha value is -1.65. The molecular formula is C14H8IN3S. The Morgan fingerprint density at radius 3 is 2.68 bits per heavy atom. The van der Waals surface area contributed by atoms with Crippen LogP contribution in [0.3, 0.4) is 0 Å². The van der Waals surface area contributed by atoms with Gasteiger partial charge in [-0.05, 0) is 59.1 Å². The average Bonchev–Trinajstić information content (AvgIpc) is 2.75. The number of rotatable bonds is 1. The number of fused-ring (bicyclic) bond motifs is 1. The predicted octanol–water partition coefficient (Wildman–Crippen LogP) is 4.16. The van der Waals surface area contributed by atoms with Gasteiger partial charge in [-0.25, -0.2) is 0 Å². The molecule has 0 radical (unpaired) electrons. The summed E-state index contributed by atoms with van der Waals surface area (Å²) < 4.78 is 3.68. The first-order chi connectivity index (χ1) is 9.22. The molecule has 19 heavy (non-hydrogen) atoms. The van der Waals surface area contributed by atoms with Crippen LogP contribution in [0.1, 0.15) is 5.56 Å². The van der Waals surface area contributed by atoms with Crippen molar-refractivity contribution < 1.29 is 0 Å². The summed E-state index contributed by atoms with van der Waals surface area (Å²) in [6, 6.07) is 15.8. The second-order valence-corrected chi connectivity index (χ2v) is 5.58. The summed E-state index contributed by atoms with van der Waals surface area (Å²) in [5.41, 5.74) is 3.34. The number of benzene rings is 2. The SMILES string of the molecule is N#Cc1cccc2c1[nH]c(=S)n2-c1ccccc1I. The van der Waals surface area contributed by atoms with Crippen molar-refractivity contribution in [2.24, 2.45) is 0 Å². The second-order valence-electron chi connectivity index (χ2n) is 4.03. The Labute approximate surface area is 128 Å². The highest BCUT2D eigenvalue weighted by atomic mass is 127. The highest BCUT2D eigenvalue weighted by Crippen LogP contribution is 2.24. The van der Waals surface area contributed by atoms with Crippen molar-refractivity contribution in [1.82, 2.24) is 9.55 Å². The molecule has 3 nitrogen and oxygen atoms in total. The fourth-order valence-corrected chi connectivity index (χ4v) is 3.02. The predicted molar refractivity (Wildman–Crippen MR) is 85.9 cm³/mol. The van der Waals surface area contributed by atoms with Crippen molar-refractivity contribution in [3.8, 4) is 11.8 Å². The summed E-state index contributed by atoms with van der Waals surface area (Å²) in [5, 5.41) is 9.15. The summed E-state index contributed by atoms with van der Waals surface area (Å²) in [7, 11) is 0. The quantitative estimate of drug-likeness (QED) is 0.511. The highest BCUT2D eigenvalue weighted by molar-refractivity contribution is 14.1. The maximum atomic E-state index is 9.15. The van der Waals surface area contributed by atoms with E-state index in [2.05, 4.69) is 33.6 Å². The number of nitrogens with zero attached hydrogens (tertiary/aromatic N) is 2. The molecule has 0 aliphatic heterocycles. The minimum atomic E-state index is 0.599. The molecule has 0 saturated carbocycles. The minimum Gasteiger partial charge on any atom is -0.329 e. The van der Waals surface area contributed by atoms with Crippen LogP contribution in [0.15, 0.2) is 42.5 Å². The van der Waals surface area contributed by atoms with Gasteiger partial charge in [-0.15, -0.1) is 0 Å². The van der Waals surface area contributed by atoms with Gasteiger partial charge in [-0.2, -0.15) is 5.26 Å². The van der Waals surface area contributed by atoms with Gasteiger partial charge in [0.25, 0.3) is 0 Å². The third kappa shape index (κ3) is 1.97. The Morgan fingerprint density at radius 2 is 1.95 bits per heavy atom. The van der Waals surface area contributed by atoms with Gasteiger partial charge in [-0.3, -0.25) is 4.57 Å². The van der Waals surface area contributed by atoms with E-state index in [1.54, 1.807) is 6.07 Å². The van der Waals surface area contributed by atoms with Gasteiger partial charge in [0.2, 0.25) is 0 Å². The van der Waals surface area contributed by atoms with Gasteiger partial charge >= 0.3 is 0 Å². The Kier molecular flexibility index (Phi) is 3.12. The van der Waals surface area contributed by atoms with Crippen LogP contribution in [0.25, 0.3) is 16.7 Å². The molecule has 0 aliphatic rings. The van der Waals surface area contributed by atoms with Crippen molar-refractivity contribution >= 4 is 45.8 Å². The molecule has 0 bridgehead atoms. The lowest BCUT2D eigenvalue weighted by Crippen LogP contribution is -1.96. The molecule has 3 aromatic rings. The van der Waals surface area contributed by atoms with Crippen molar-refractivity contribution in [3.05, 3.63) is 56.4 Å². The fraction of sp³-hybridized carbons (Fsp3) is 0. The lowest BCUT2D eigenvalue weighted by atomic mass is 10.2. The Balaban J connectivity index is 2.44. The summed E-state index contributed by atoms with van der Waals surface area (Å²) >= 11 is 7.68. The standard InChI is InChI=1S/C14H8IN3S/c15-10-5-1-2-6-11(10)18-12-7-3-4-9(8-16)13(12)17-14(18)19/h1-7H,(H,17,19). The molecule has 5 heteroatoms. The molecule has 1 heterocycles. The van der Waals surface area contributed by atoms with Crippen molar-refractivity contribution in [1.29, 1.82) is 5.26 Å². The zero-order chi connectivity index (χ0) is 13.4. The number of imidazole rings is 1. The molecule has 2 aromatic carbocycles. The van der Waals surface area contributed by atoms with Crippen molar-refractivity contribution in [2.75, 3.05) is 0 Å². The van der Waals surface area contributed by atoms with Gasteiger partial charge in [0, 0.05) is 3.57 Å². The highest BCUT2D eigenvalue weighted by Gasteiger charge is 2.11. The van der Waals surface area contributed by atoms with E-state index in [4.69, 9.17) is 17.5 Å². The van der Waals surface area contributed by atoms with E-state index in [-0.39, 0.29) is 0 Å². The normalized spacial score (nSPS) is 10.5. The summed E-state index contributed by atoms with van der Waals surface area (Å²) in [4.78, 5) is 3.12. The van der Waals surface area contributed by atoms with Crippen LogP contribution in [-0.2, 0) is 0 Å². The third-order valence-electron chi connectivity index (χ3n) is 2.93. The first kappa shape index (κ1) is 12.4. The smallest absolute Gasteiger partial charge is 0.182 e. The van der Waals surface area contributed by atoms with Crippen LogP contribution in [-0.4, -0.2) is 9.55 Å². The average molecular weight is 377 g/mol. The first-order valence-electron chi connectivity index (χ1n) is 5.61. The number of hydrogen-bond donors (Lipinski definition) is 1. The first-order valence-corrected chi connectivity index (χ1v) is 7.10. The molecule has 92 valence electrons. The molecule has 1 N–H and O–H groups in total. The fourth-order valence-electron chi connectivity index (χ4n) is 2.10. The number of H-pyrrole nitrogens is 1. The number of para-hydroxylation sites is 2. The van der Waals surface area contributed by atoms with E-state index in [1.807, 2.05) is 41.0 Å². The molecule has 0 spiro atoms. The maximum absolute atomic E-state index is 9.15. The van der Waals surface area contributed by atoms with E-state index >= 15 is 0 Å². The van der Waals surface area contributed by atoms with Crippen LogP contribution in [0.5, 0.6) is 0 Å². The number of nitrogens with one attached hydrogen (secondary N) is 1. The van der Waals surface area contributed by atoms with Crippen molar-refractivity contribution in [3.63, 3.8) is 0 Å². The monoisotopic (exact) mass is 377 g/mol. The van der Waals surface area contributed by atoms with Gasteiger partial charge in [0.15, 0.2) is 4.77 Å². The number of hydrogen-bond acceptors (Lipinski definition) is 2. The summed E-state index contributed by atoms with van der Waals surface area (Å²) in [5.74, 6) is 0. The van der Waals surface area contributed by atoms with Crippen LogP contribution in [0, 0.1) is 19.7 Å². The van der Waals surface area contributed by atoms with Crippen LogP contribution in [0.4, 0.5) is 0 Å². The van der Waals surface area contributed by atoms with Gasteiger partial charge in [0.05, 0.1) is 22.3 Å². The van der Waals surface area contributed by atoms with E-state index in [9.17, 15) is 0 Å². The molecule has 0 fully saturated rings. The summed E-state index contributed by atoms with van der Waals surface area (Å²) in [6.45, 7) is 0. The van der Waals surface area contributed by atoms with E-state index < -0.39 is 0 Å². The van der Waals surface area contributed by atoms with Crippen LogP contribution < -0.4 is 0 Å². The molecule has 0 unspecified atom stereocenters. The van der Waals surface area contributed by atoms with Crippen LogP contribution >= 0.6 is 34.8 Å². The van der Waals surface area contributed by atoms with Gasteiger partial charge < -0.3 is 4.98 Å². The largest absolute Gasteiger partial charge is 0.329 e. The molecule has 0 saturated heterocycles. The van der Waals surface area contributed by atoms with Crippen LogP contribution in [0.2, 0.25) is 0 Å². The molecule has 0 amide bonds. The molecular weight excluding hydrogens is 369 g/mol. The molecule has 3 rings (SSSR count). The lowest BCUT2D eigenvalue weighted by molar-refractivity contribution is 1.06. The topological polar surface area (TPSA) is 44.5 Å². The van der Waals surface area contributed by atoms with Gasteiger partial charge in [0.1, 0.15) is 6.07 Å². The number of halogens is 1. The second kappa shape index (κ2) is 4.79.